The number of anilines is 1. The number of carbonyl (C=O) groups is 1. The van der Waals surface area contributed by atoms with Gasteiger partial charge in [-0.1, -0.05) is 5.16 Å². The molecule has 0 spiro atoms. The Kier molecular flexibility index (Phi) is 5.24. The molecule has 3 heterocycles. The van der Waals surface area contributed by atoms with Crippen LogP contribution < -0.4 is 10.6 Å². The van der Waals surface area contributed by atoms with Crippen molar-refractivity contribution < 1.29 is 9.32 Å². The van der Waals surface area contributed by atoms with Crippen LogP contribution in [0.1, 0.15) is 31.4 Å². The van der Waals surface area contributed by atoms with Gasteiger partial charge in [0.25, 0.3) is 0 Å². The highest BCUT2D eigenvalue weighted by atomic mass is 35.5. The molecule has 0 aliphatic carbocycles. The van der Waals surface area contributed by atoms with Gasteiger partial charge >= 0.3 is 0 Å². The highest BCUT2D eigenvalue weighted by molar-refractivity contribution is 5.90. The van der Waals surface area contributed by atoms with E-state index >= 15 is 0 Å². The molecule has 2 atom stereocenters. The third-order valence-electron chi connectivity index (χ3n) is 4.36. The fraction of sp³-hybridized carbons (Fsp3) is 0.714. The highest BCUT2D eigenvalue weighted by Crippen LogP contribution is 2.29. The number of carbonyl (C=O) groups excluding carboxylic acids is 1. The zero-order chi connectivity index (χ0) is 14.1. The van der Waals surface area contributed by atoms with Crippen molar-refractivity contribution in [3.05, 3.63) is 11.8 Å². The van der Waals surface area contributed by atoms with Gasteiger partial charge in [0.05, 0.1) is 12.2 Å². The van der Waals surface area contributed by atoms with Gasteiger partial charge in [-0.3, -0.25) is 15.0 Å². The zero-order valence-corrected chi connectivity index (χ0v) is 13.3. The van der Waals surface area contributed by atoms with E-state index in [1.807, 2.05) is 14.0 Å². The van der Waals surface area contributed by atoms with Crippen LogP contribution in [-0.4, -0.2) is 47.7 Å². The molecule has 0 aromatic carbocycles. The Bertz CT molecular complexity index is 481. The predicted molar refractivity (Wildman–Crippen MR) is 82.7 cm³/mol. The van der Waals surface area contributed by atoms with Gasteiger partial charge in [-0.2, -0.15) is 0 Å². The van der Waals surface area contributed by atoms with Gasteiger partial charge in [0.2, 0.25) is 11.8 Å². The molecule has 2 saturated heterocycles. The van der Waals surface area contributed by atoms with Crippen LogP contribution in [0.3, 0.4) is 0 Å². The summed E-state index contributed by atoms with van der Waals surface area (Å²) in [4.78, 5) is 14.2. The summed E-state index contributed by atoms with van der Waals surface area (Å²) in [6.07, 6.45) is 4.83. The van der Waals surface area contributed by atoms with Crippen molar-refractivity contribution in [2.75, 3.05) is 18.9 Å². The van der Waals surface area contributed by atoms with Gasteiger partial charge in [0.15, 0.2) is 0 Å². The summed E-state index contributed by atoms with van der Waals surface area (Å²) >= 11 is 0. The lowest BCUT2D eigenvalue weighted by Crippen LogP contribution is -2.48. The maximum atomic E-state index is 12.0. The molecule has 2 N–H and O–H groups in total. The lowest BCUT2D eigenvalue weighted by atomic mass is 9.98. The number of rotatable bonds is 4. The van der Waals surface area contributed by atoms with Crippen molar-refractivity contribution in [3.8, 4) is 0 Å². The number of likely N-dealkylation sites (N-methyl/N-ethyl adjacent to an activating group) is 1. The van der Waals surface area contributed by atoms with Crippen molar-refractivity contribution in [1.82, 2.24) is 15.4 Å². The summed E-state index contributed by atoms with van der Waals surface area (Å²) < 4.78 is 5.00. The largest absolute Gasteiger partial charge is 0.338 e. The van der Waals surface area contributed by atoms with E-state index in [9.17, 15) is 4.79 Å². The Labute approximate surface area is 131 Å². The molecule has 7 heteroatoms. The maximum absolute atomic E-state index is 12.0. The minimum Gasteiger partial charge on any atom is -0.338 e. The molecule has 1 aromatic rings. The first kappa shape index (κ1) is 16.3. The lowest BCUT2D eigenvalue weighted by Gasteiger charge is -2.35. The van der Waals surface area contributed by atoms with Crippen LogP contribution in [0.25, 0.3) is 0 Å². The Balaban J connectivity index is 0.00000161. The van der Waals surface area contributed by atoms with E-state index in [4.69, 9.17) is 4.52 Å². The number of piperidine rings is 1. The van der Waals surface area contributed by atoms with Crippen LogP contribution in [0, 0.1) is 6.92 Å². The summed E-state index contributed by atoms with van der Waals surface area (Å²) in [7, 11) is 2.03. The third kappa shape index (κ3) is 3.96. The molecule has 0 radical (unpaired) electrons. The molecular weight excluding hydrogens is 292 g/mol. The summed E-state index contributed by atoms with van der Waals surface area (Å²) in [5.74, 6) is 0.376. The molecule has 0 saturated carbocycles. The van der Waals surface area contributed by atoms with E-state index in [-0.39, 0.29) is 18.3 Å². The van der Waals surface area contributed by atoms with Crippen molar-refractivity contribution in [1.29, 1.82) is 0 Å². The second-order valence-corrected chi connectivity index (χ2v) is 6.06. The van der Waals surface area contributed by atoms with Crippen LogP contribution in [-0.2, 0) is 4.79 Å². The van der Waals surface area contributed by atoms with Gasteiger partial charge in [0.1, 0.15) is 0 Å². The molecule has 2 fully saturated rings. The van der Waals surface area contributed by atoms with E-state index in [1.54, 1.807) is 6.07 Å². The average molecular weight is 315 g/mol. The molecule has 2 aliphatic rings. The van der Waals surface area contributed by atoms with E-state index < -0.39 is 0 Å². The standard InChI is InChI=1S/C14H22N4O2.ClH/c1-9-5-14(20-17-9)16-13(19)8-18(2)12-6-10-3-4-11(7-12)15-10;/h5,10-12,15H,3-4,6-8H2,1-2H3,(H,16,19);1H. The second kappa shape index (κ2) is 6.77. The maximum Gasteiger partial charge on any atom is 0.240 e. The van der Waals surface area contributed by atoms with Crippen LogP contribution >= 0.6 is 12.4 Å². The fourth-order valence-corrected chi connectivity index (χ4v) is 3.34. The topological polar surface area (TPSA) is 70.4 Å². The van der Waals surface area contributed by atoms with E-state index in [1.165, 1.54) is 12.8 Å². The van der Waals surface area contributed by atoms with Gasteiger partial charge in [-0.25, -0.2) is 0 Å². The minimum atomic E-state index is -0.0467. The van der Waals surface area contributed by atoms with Gasteiger partial charge < -0.3 is 9.84 Å². The number of aromatic nitrogens is 1. The van der Waals surface area contributed by atoms with Gasteiger partial charge in [-0.05, 0) is 39.7 Å². The molecular formula is C14H23ClN4O2. The lowest BCUT2D eigenvalue weighted by molar-refractivity contribution is -0.117. The smallest absolute Gasteiger partial charge is 0.240 e. The van der Waals surface area contributed by atoms with Crippen LogP contribution in [0.15, 0.2) is 10.6 Å². The number of halogens is 1. The predicted octanol–water partition coefficient (Wildman–Crippen LogP) is 1.56. The fourth-order valence-electron chi connectivity index (χ4n) is 3.34. The Morgan fingerprint density at radius 1 is 1.48 bits per heavy atom. The van der Waals surface area contributed by atoms with E-state index in [0.717, 1.165) is 18.5 Å². The number of fused-ring (bicyclic) bond motifs is 2. The number of nitrogens with zero attached hydrogens (tertiary/aromatic N) is 2. The van der Waals surface area contributed by atoms with Crippen LogP contribution in [0.2, 0.25) is 0 Å². The first-order chi connectivity index (χ1) is 9.60. The van der Waals surface area contributed by atoms with Crippen LogP contribution in [0.4, 0.5) is 5.88 Å². The summed E-state index contributed by atoms with van der Waals surface area (Å²) in [5, 5.41) is 10.1. The molecule has 2 bridgehead atoms. The quantitative estimate of drug-likeness (QED) is 0.882. The first-order valence-electron chi connectivity index (χ1n) is 7.29. The van der Waals surface area contributed by atoms with E-state index in [0.29, 0.717) is 30.6 Å². The third-order valence-corrected chi connectivity index (χ3v) is 4.36. The number of hydrogen-bond donors (Lipinski definition) is 2. The van der Waals surface area contributed by atoms with Crippen molar-refractivity contribution in [2.45, 2.75) is 50.7 Å². The van der Waals surface area contributed by atoms with Gasteiger partial charge in [-0.15, -0.1) is 12.4 Å². The molecule has 1 amide bonds. The Morgan fingerprint density at radius 3 is 2.71 bits per heavy atom. The number of hydrogen-bond acceptors (Lipinski definition) is 5. The second-order valence-electron chi connectivity index (χ2n) is 6.06. The summed E-state index contributed by atoms with van der Waals surface area (Å²) in [6.45, 7) is 2.22. The normalized spacial score (nSPS) is 27.5. The van der Waals surface area contributed by atoms with Crippen LogP contribution in [0.5, 0.6) is 0 Å². The van der Waals surface area contributed by atoms with E-state index in [2.05, 4.69) is 20.7 Å². The summed E-state index contributed by atoms with van der Waals surface area (Å²) in [6, 6.07) is 3.50. The Morgan fingerprint density at radius 2 is 2.14 bits per heavy atom. The molecule has 1 aromatic heterocycles. The minimum absolute atomic E-state index is 0. The number of aryl methyl sites for hydroxylation is 1. The van der Waals surface area contributed by atoms with Crippen molar-refractivity contribution >= 4 is 24.2 Å². The molecule has 2 unspecified atom stereocenters. The molecule has 118 valence electrons. The SMILES string of the molecule is Cc1cc(NC(=O)CN(C)C2CC3CCC(C2)N3)on1.Cl. The van der Waals surface area contributed by atoms with Crippen molar-refractivity contribution in [3.63, 3.8) is 0 Å². The average Bonchev–Trinajstić information content (AvgIpc) is 2.95. The summed E-state index contributed by atoms with van der Waals surface area (Å²) in [5.41, 5.74) is 0.767. The number of nitrogens with one attached hydrogen (secondary N) is 2. The zero-order valence-electron chi connectivity index (χ0n) is 12.5. The monoisotopic (exact) mass is 314 g/mol. The van der Waals surface area contributed by atoms with Crippen molar-refractivity contribution in [2.24, 2.45) is 0 Å². The number of amides is 1. The molecule has 2 aliphatic heterocycles. The molecule has 21 heavy (non-hydrogen) atoms. The molecule has 3 rings (SSSR count). The first-order valence-corrected chi connectivity index (χ1v) is 7.29. The molecule has 6 nitrogen and oxygen atoms in total. The highest BCUT2D eigenvalue weighted by Gasteiger charge is 2.35. The van der Waals surface area contributed by atoms with Gasteiger partial charge in [0, 0.05) is 24.2 Å². The Hall–Kier alpha value is -1.11.